The topological polar surface area (TPSA) is 96.4 Å². The first-order valence-corrected chi connectivity index (χ1v) is 9.69. The van der Waals surface area contributed by atoms with Crippen molar-refractivity contribution in [2.75, 3.05) is 51.4 Å². The lowest BCUT2D eigenvalue weighted by Gasteiger charge is -2.35. The van der Waals surface area contributed by atoms with E-state index in [1.165, 1.54) is 0 Å². The summed E-state index contributed by atoms with van der Waals surface area (Å²) < 4.78 is 10.8. The summed E-state index contributed by atoms with van der Waals surface area (Å²) >= 11 is 1.65. The Morgan fingerprint density at radius 3 is 2.78 bits per heavy atom. The average Bonchev–Trinajstić information content (AvgIpc) is 3.25. The Hall–Kier alpha value is -2.52. The summed E-state index contributed by atoms with van der Waals surface area (Å²) in [7, 11) is 1.59. The number of nitrogens with two attached hydrogens (primary N) is 1. The van der Waals surface area contributed by atoms with Crippen LogP contribution in [0.1, 0.15) is 5.56 Å². The fourth-order valence-electron chi connectivity index (χ4n) is 2.86. The third kappa shape index (κ3) is 5.01. The molecule has 1 saturated heterocycles. The molecule has 0 atom stereocenters. The SMILES string of the molecule is COc1cc(CN=C(N)N2CCN(c3nccs3)CC2)ccc1OCCO. The molecule has 2 aromatic rings. The van der Waals surface area contributed by atoms with Crippen LogP contribution in [0.2, 0.25) is 0 Å². The van der Waals surface area contributed by atoms with Crippen LogP contribution in [0.4, 0.5) is 5.13 Å². The number of ether oxygens (including phenoxy) is 2. The molecule has 1 fully saturated rings. The van der Waals surface area contributed by atoms with Gasteiger partial charge in [-0.3, -0.25) is 0 Å². The molecule has 9 heteroatoms. The van der Waals surface area contributed by atoms with E-state index < -0.39 is 0 Å². The number of guanidine groups is 1. The monoisotopic (exact) mass is 391 g/mol. The van der Waals surface area contributed by atoms with Crippen molar-refractivity contribution in [2.24, 2.45) is 10.7 Å². The Morgan fingerprint density at radius 1 is 1.30 bits per heavy atom. The Morgan fingerprint density at radius 2 is 2.11 bits per heavy atom. The van der Waals surface area contributed by atoms with E-state index in [-0.39, 0.29) is 13.2 Å². The molecule has 3 rings (SSSR count). The van der Waals surface area contributed by atoms with E-state index in [9.17, 15) is 0 Å². The van der Waals surface area contributed by atoms with Gasteiger partial charge in [0.05, 0.1) is 20.3 Å². The van der Waals surface area contributed by atoms with E-state index >= 15 is 0 Å². The number of hydrogen-bond acceptors (Lipinski definition) is 7. The molecule has 1 aromatic carbocycles. The molecule has 2 heterocycles. The third-order valence-corrected chi connectivity index (χ3v) is 5.13. The quantitative estimate of drug-likeness (QED) is 0.540. The molecular weight excluding hydrogens is 366 g/mol. The highest BCUT2D eigenvalue weighted by molar-refractivity contribution is 7.13. The van der Waals surface area contributed by atoms with Crippen LogP contribution in [0.5, 0.6) is 11.5 Å². The largest absolute Gasteiger partial charge is 0.493 e. The highest BCUT2D eigenvalue weighted by atomic mass is 32.1. The number of nitrogens with zero attached hydrogens (tertiary/aromatic N) is 4. The van der Waals surface area contributed by atoms with Crippen LogP contribution in [0.25, 0.3) is 0 Å². The summed E-state index contributed by atoms with van der Waals surface area (Å²) in [5, 5.41) is 11.9. The number of rotatable bonds is 7. The summed E-state index contributed by atoms with van der Waals surface area (Å²) in [4.78, 5) is 13.2. The molecule has 0 bridgehead atoms. The van der Waals surface area contributed by atoms with Gasteiger partial charge in [-0.1, -0.05) is 6.07 Å². The third-order valence-electron chi connectivity index (χ3n) is 4.29. The van der Waals surface area contributed by atoms with Gasteiger partial charge in [-0.25, -0.2) is 9.98 Å². The number of methoxy groups -OCH3 is 1. The molecule has 0 aliphatic carbocycles. The number of aliphatic imine (C=N–C) groups is 1. The highest BCUT2D eigenvalue weighted by Crippen LogP contribution is 2.28. The van der Waals surface area contributed by atoms with Crippen molar-refractivity contribution >= 4 is 22.4 Å². The predicted molar refractivity (Wildman–Crippen MR) is 107 cm³/mol. The van der Waals surface area contributed by atoms with Crippen LogP contribution in [0.3, 0.4) is 0 Å². The van der Waals surface area contributed by atoms with E-state index in [1.807, 2.05) is 29.8 Å². The van der Waals surface area contributed by atoms with Gasteiger partial charge >= 0.3 is 0 Å². The van der Waals surface area contributed by atoms with Gasteiger partial charge in [-0.15, -0.1) is 11.3 Å². The molecule has 1 aliphatic rings. The molecule has 1 aromatic heterocycles. The number of piperazine rings is 1. The van der Waals surface area contributed by atoms with Crippen LogP contribution in [0.15, 0.2) is 34.8 Å². The number of aliphatic hydroxyl groups is 1. The predicted octanol–water partition coefficient (Wildman–Crippen LogP) is 1.16. The molecule has 0 spiro atoms. The molecule has 27 heavy (non-hydrogen) atoms. The fourth-order valence-corrected chi connectivity index (χ4v) is 3.55. The average molecular weight is 391 g/mol. The van der Waals surface area contributed by atoms with Crippen molar-refractivity contribution in [3.8, 4) is 11.5 Å². The van der Waals surface area contributed by atoms with Crippen molar-refractivity contribution in [1.82, 2.24) is 9.88 Å². The van der Waals surface area contributed by atoms with Crippen LogP contribution in [-0.2, 0) is 6.54 Å². The van der Waals surface area contributed by atoms with E-state index in [2.05, 4.69) is 19.8 Å². The van der Waals surface area contributed by atoms with Crippen molar-refractivity contribution in [3.63, 3.8) is 0 Å². The van der Waals surface area contributed by atoms with Crippen LogP contribution in [-0.4, -0.2) is 67.5 Å². The maximum Gasteiger partial charge on any atom is 0.191 e. The molecule has 0 saturated carbocycles. The first-order valence-electron chi connectivity index (χ1n) is 8.81. The van der Waals surface area contributed by atoms with Crippen LogP contribution < -0.4 is 20.1 Å². The van der Waals surface area contributed by atoms with Gasteiger partial charge in [-0.2, -0.15) is 0 Å². The number of anilines is 1. The molecule has 0 unspecified atom stereocenters. The van der Waals surface area contributed by atoms with Gasteiger partial charge in [0.1, 0.15) is 6.61 Å². The Balaban J connectivity index is 1.56. The van der Waals surface area contributed by atoms with Crippen LogP contribution >= 0.6 is 11.3 Å². The van der Waals surface area contributed by atoms with Gasteiger partial charge in [-0.05, 0) is 17.7 Å². The fraction of sp³-hybridized carbons (Fsp3) is 0.444. The van der Waals surface area contributed by atoms with Gasteiger partial charge < -0.3 is 30.1 Å². The number of benzene rings is 1. The summed E-state index contributed by atoms with van der Waals surface area (Å²) in [6.07, 6.45) is 1.83. The summed E-state index contributed by atoms with van der Waals surface area (Å²) in [5.74, 6) is 1.77. The number of aromatic nitrogens is 1. The van der Waals surface area contributed by atoms with Gasteiger partial charge in [0, 0.05) is 37.8 Å². The zero-order valence-corrected chi connectivity index (χ0v) is 16.2. The minimum Gasteiger partial charge on any atom is -0.493 e. The second kappa shape index (κ2) is 9.43. The van der Waals surface area contributed by atoms with E-state index in [4.69, 9.17) is 20.3 Å². The lowest BCUT2D eigenvalue weighted by molar-refractivity contribution is 0.196. The van der Waals surface area contributed by atoms with Crippen LogP contribution in [0, 0.1) is 0 Å². The lowest BCUT2D eigenvalue weighted by atomic mass is 10.2. The van der Waals surface area contributed by atoms with E-state index in [0.717, 1.165) is 36.9 Å². The minimum atomic E-state index is -0.0401. The molecule has 3 N–H and O–H groups in total. The smallest absolute Gasteiger partial charge is 0.191 e. The Kier molecular flexibility index (Phi) is 6.72. The van der Waals surface area contributed by atoms with Crippen molar-refractivity contribution in [2.45, 2.75) is 6.54 Å². The highest BCUT2D eigenvalue weighted by Gasteiger charge is 2.19. The van der Waals surface area contributed by atoms with Gasteiger partial charge in [0.25, 0.3) is 0 Å². The van der Waals surface area contributed by atoms with Crippen molar-refractivity contribution < 1.29 is 14.6 Å². The summed E-state index contributed by atoms with van der Waals surface area (Å²) in [5.41, 5.74) is 7.17. The van der Waals surface area contributed by atoms with E-state index in [1.54, 1.807) is 18.4 Å². The van der Waals surface area contributed by atoms with Gasteiger partial charge in [0.2, 0.25) is 0 Å². The maximum atomic E-state index is 8.88. The molecule has 146 valence electrons. The molecular formula is C18H25N5O3S. The Labute approximate surface area is 162 Å². The zero-order chi connectivity index (χ0) is 19.1. The first-order chi connectivity index (χ1) is 13.2. The second-order valence-electron chi connectivity index (χ2n) is 6.02. The summed E-state index contributed by atoms with van der Waals surface area (Å²) in [6, 6.07) is 5.62. The standard InChI is InChI=1S/C18H25N5O3S/c1-25-16-12-14(2-3-15(16)26-10-9-24)13-21-17(19)22-5-7-23(8-6-22)18-20-4-11-27-18/h2-4,11-12,24H,5-10,13H2,1H3,(H2,19,21). The number of aliphatic hydroxyl groups excluding tert-OH is 1. The summed E-state index contributed by atoms with van der Waals surface area (Å²) in [6.45, 7) is 4.08. The molecule has 8 nitrogen and oxygen atoms in total. The minimum absolute atomic E-state index is 0.0401. The first kappa shape index (κ1) is 19.2. The second-order valence-corrected chi connectivity index (χ2v) is 6.89. The molecule has 0 amide bonds. The number of hydrogen-bond donors (Lipinski definition) is 2. The van der Waals surface area contributed by atoms with E-state index in [0.29, 0.717) is 24.0 Å². The van der Waals surface area contributed by atoms with Crippen molar-refractivity contribution in [1.29, 1.82) is 0 Å². The lowest BCUT2D eigenvalue weighted by Crippen LogP contribution is -2.51. The molecule has 1 aliphatic heterocycles. The van der Waals surface area contributed by atoms with Gasteiger partial charge in [0.15, 0.2) is 22.6 Å². The normalized spacial score (nSPS) is 15.1. The Bertz CT molecular complexity index is 745. The number of thiazole rings is 1. The molecule has 0 radical (unpaired) electrons. The maximum absolute atomic E-state index is 8.88. The zero-order valence-electron chi connectivity index (χ0n) is 15.4. The van der Waals surface area contributed by atoms with Crippen molar-refractivity contribution in [3.05, 3.63) is 35.3 Å².